The smallest absolute Gasteiger partial charge is 0.178 e. The topological polar surface area (TPSA) is 57.1 Å². The van der Waals surface area contributed by atoms with Crippen LogP contribution in [-0.4, -0.2) is 15.0 Å². The maximum Gasteiger partial charge on any atom is 0.178 e. The highest BCUT2D eigenvalue weighted by molar-refractivity contribution is 5.93. The molecule has 63 heavy (non-hydrogen) atoms. The van der Waals surface area contributed by atoms with Crippen molar-refractivity contribution in [3.8, 4) is 90.5 Å². The van der Waals surface area contributed by atoms with Gasteiger partial charge < -0.3 is 9.47 Å². The van der Waals surface area contributed by atoms with Gasteiger partial charge in [0.1, 0.15) is 0 Å². The maximum absolute atomic E-state index is 7.08. The minimum atomic E-state index is -0.556. The summed E-state index contributed by atoms with van der Waals surface area (Å²) in [5.74, 6) is 4.38. The largest absolute Gasteiger partial charge is 0.449 e. The molecule has 0 radical (unpaired) electrons. The van der Waals surface area contributed by atoms with E-state index in [0.29, 0.717) is 40.5 Å². The minimum absolute atomic E-state index is 0.556. The lowest BCUT2D eigenvalue weighted by Gasteiger charge is -2.34. The monoisotopic (exact) mass is 807 g/mol. The molecule has 1 aliphatic heterocycles. The zero-order valence-corrected chi connectivity index (χ0v) is 34.0. The Bertz CT molecular complexity index is 3280. The minimum Gasteiger partial charge on any atom is -0.449 e. The van der Waals surface area contributed by atoms with Gasteiger partial charge in [-0.05, 0) is 56.6 Å². The summed E-state index contributed by atoms with van der Waals surface area (Å²) in [6.07, 6.45) is 0. The number of hydrogen-bond donors (Lipinski definition) is 0. The third-order valence-corrected chi connectivity index (χ3v) is 12.3. The van der Waals surface area contributed by atoms with Gasteiger partial charge in [0.15, 0.2) is 40.5 Å². The highest BCUT2D eigenvalue weighted by atomic mass is 16.6. The Hall–Kier alpha value is -8.41. The summed E-state index contributed by atoms with van der Waals surface area (Å²) in [7, 11) is 0. The molecule has 0 saturated heterocycles. The van der Waals surface area contributed by atoms with Gasteiger partial charge in [0.2, 0.25) is 0 Å². The van der Waals surface area contributed by atoms with Crippen molar-refractivity contribution in [1.29, 1.82) is 0 Å². The molecule has 1 aliphatic carbocycles. The predicted octanol–water partition coefficient (Wildman–Crippen LogP) is 14.5. The van der Waals surface area contributed by atoms with E-state index in [1.807, 2.05) is 60.7 Å². The van der Waals surface area contributed by atoms with Gasteiger partial charge in [0.25, 0.3) is 0 Å². The average Bonchev–Trinajstić information content (AvgIpc) is 3.68. The zero-order valence-electron chi connectivity index (χ0n) is 34.0. The summed E-state index contributed by atoms with van der Waals surface area (Å²) >= 11 is 0. The van der Waals surface area contributed by atoms with Crippen LogP contribution in [0.1, 0.15) is 22.3 Å². The second-order valence-electron chi connectivity index (χ2n) is 15.8. The molecule has 2 heterocycles. The van der Waals surface area contributed by atoms with Crippen molar-refractivity contribution in [2.45, 2.75) is 5.41 Å². The second-order valence-corrected chi connectivity index (χ2v) is 15.8. The first-order chi connectivity index (χ1) is 31.2. The lowest BCUT2D eigenvalue weighted by atomic mass is 9.68. The second kappa shape index (κ2) is 14.9. The predicted molar refractivity (Wildman–Crippen MR) is 251 cm³/mol. The molecule has 0 atom stereocenters. The van der Waals surface area contributed by atoms with E-state index in [1.54, 1.807) is 0 Å². The molecule has 12 rings (SSSR count). The van der Waals surface area contributed by atoms with Crippen molar-refractivity contribution in [2.75, 3.05) is 0 Å². The summed E-state index contributed by atoms with van der Waals surface area (Å²) in [4.78, 5) is 15.3. The summed E-state index contributed by atoms with van der Waals surface area (Å²) in [5, 5.41) is 0. The number of fused-ring (bicyclic) bond motifs is 6. The fraction of sp³-hybridized carbons (Fsp3) is 0.0172. The molecular formula is C58H37N3O2. The number of hydrogen-bond acceptors (Lipinski definition) is 5. The first-order valence-corrected chi connectivity index (χ1v) is 21.2. The average molecular weight is 808 g/mol. The molecule has 10 aromatic rings. The third-order valence-electron chi connectivity index (χ3n) is 12.3. The van der Waals surface area contributed by atoms with Gasteiger partial charge in [0, 0.05) is 27.8 Å². The van der Waals surface area contributed by atoms with E-state index in [4.69, 9.17) is 24.4 Å². The van der Waals surface area contributed by atoms with E-state index in [1.165, 1.54) is 16.7 Å². The Morgan fingerprint density at radius 2 is 0.746 bits per heavy atom. The van der Waals surface area contributed by atoms with Crippen LogP contribution in [0.4, 0.5) is 0 Å². The van der Waals surface area contributed by atoms with Gasteiger partial charge >= 0.3 is 0 Å². The lowest BCUT2D eigenvalue weighted by Crippen LogP contribution is -2.28. The van der Waals surface area contributed by atoms with Gasteiger partial charge in [-0.15, -0.1) is 0 Å². The van der Waals surface area contributed by atoms with Crippen LogP contribution in [0.15, 0.2) is 224 Å². The SMILES string of the molecule is c1ccc(-c2ccc(-c3nc(-c4ccccc4)nc(-c4ccccc4-c4cccc5c4Oc4ccc6c(c4O5)-c4ccccc4C6(c4ccccc4)c4ccccc4)n3)cc2)cc1. The molecule has 5 nitrogen and oxygen atoms in total. The van der Waals surface area contributed by atoms with Crippen LogP contribution in [0.2, 0.25) is 0 Å². The Balaban J connectivity index is 0.982. The maximum atomic E-state index is 7.08. The number of nitrogens with zero attached hydrogens (tertiary/aromatic N) is 3. The van der Waals surface area contributed by atoms with Crippen LogP contribution < -0.4 is 9.47 Å². The number of aromatic nitrogens is 3. The summed E-state index contributed by atoms with van der Waals surface area (Å²) < 4.78 is 14.1. The molecule has 0 bridgehead atoms. The van der Waals surface area contributed by atoms with E-state index in [9.17, 15) is 0 Å². The quantitative estimate of drug-likeness (QED) is 0.161. The molecule has 0 spiro atoms. The third kappa shape index (κ3) is 5.97. The number of benzene rings is 9. The fourth-order valence-corrected chi connectivity index (χ4v) is 9.49. The molecular weight excluding hydrogens is 771 g/mol. The van der Waals surface area contributed by atoms with Crippen molar-refractivity contribution in [3.05, 3.63) is 247 Å². The zero-order chi connectivity index (χ0) is 41.7. The first-order valence-electron chi connectivity index (χ1n) is 21.2. The first kappa shape index (κ1) is 36.4. The molecule has 0 saturated carbocycles. The standard InChI is InChI=1S/C58H37N3O2/c1-5-18-38(19-6-1)39-32-34-41(35-33-39)56-59-55(40-20-7-2-8-21-40)60-57(61-56)46-27-14-13-26-44(46)45-29-17-31-50-53(45)62-51-37-36-49-52(54(51)63-50)47-28-15-16-30-48(47)58(49,42-22-9-3-10-23-42)43-24-11-4-12-25-43/h1-37H. The molecule has 296 valence electrons. The van der Waals surface area contributed by atoms with E-state index in [0.717, 1.165) is 55.6 Å². The number of rotatable bonds is 7. The normalized spacial score (nSPS) is 12.8. The van der Waals surface area contributed by atoms with Gasteiger partial charge in [-0.1, -0.05) is 212 Å². The molecule has 2 aliphatic rings. The molecule has 0 amide bonds. The van der Waals surface area contributed by atoms with Crippen LogP contribution in [0.25, 0.3) is 67.5 Å². The molecule has 0 unspecified atom stereocenters. The lowest BCUT2D eigenvalue weighted by molar-refractivity contribution is 0.361. The molecule has 1 aromatic heterocycles. The molecule has 9 aromatic carbocycles. The van der Waals surface area contributed by atoms with E-state index in [-0.39, 0.29) is 0 Å². The van der Waals surface area contributed by atoms with Crippen molar-refractivity contribution in [3.63, 3.8) is 0 Å². The van der Waals surface area contributed by atoms with E-state index >= 15 is 0 Å². The highest BCUT2D eigenvalue weighted by Gasteiger charge is 2.48. The van der Waals surface area contributed by atoms with Gasteiger partial charge in [-0.3, -0.25) is 0 Å². The number of ether oxygens (including phenoxy) is 2. The van der Waals surface area contributed by atoms with Gasteiger partial charge in [-0.25, -0.2) is 15.0 Å². The van der Waals surface area contributed by atoms with Crippen molar-refractivity contribution in [2.24, 2.45) is 0 Å². The van der Waals surface area contributed by atoms with E-state index in [2.05, 4.69) is 164 Å². The summed E-state index contributed by atoms with van der Waals surface area (Å²) in [5.41, 5.74) is 13.1. The Kier molecular flexibility index (Phi) is 8.64. The van der Waals surface area contributed by atoms with Crippen LogP contribution in [-0.2, 0) is 5.41 Å². The molecule has 0 fully saturated rings. The van der Waals surface area contributed by atoms with Crippen LogP contribution in [0.5, 0.6) is 23.0 Å². The Labute approximate surface area is 365 Å². The Morgan fingerprint density at radius 3 is 1.41 bits per heavy atom. The molecule has 0 N–H and O–H groups in total. The summed E-state index contributed by atoms with van der Waals surface area (Å²) in [6, 6.07) is 77.7. The fourth-order valence-electron chi connectivity index (χ4n) is 9.49. The van der Waals surface area contributed by atoms with Crippen LogP contribution in [0, 0.1) is 0 Å². The van der Waals surface area contributed by atoms with Crippen LogP contribution in [0.3, 0.4) is 0 Å². The summed E-state index contributed by atoms with van der Waals surface area (Å²) in [6.45, 7) is 0. The Morgan fingerprint density at radius 1 is 0.286 bits per heavy atom. The number of para-hydroxylation sites is 1. The van der Waals surface area contributed by atoms with Gasteiger partial charge in [-0.2, -0.15) is 0 Å². The van der Waals surface area contributed by atoms with Crippen LogP contribution >= 0.6 is 0 Å². The molecule has 5 heteroatoms. The van der Waals surface area contributed by atoms with Crippen molar-refractivity contribution >= 4 is 0 Å². The van der Waals surface area contributed by atoms with Gasteiger partial charge in [0.05, 0.1) is 5.41 Å². The highest BCUT2D eigenvalue weighted by Crippen LogP contribution is 2.63. The van der Waals surface area contributed by atoms with E-state index < -0.39 is 5.41 Å². The van der Waals surface area contributed by atoms with Crippen molar-refractivity contribution in [1.82, 2.24) is 15.0 Å². The van der Waals surface area contributed by atoms with Crippen molar-refractivity contribution < 1.29 is 9.47 Å².